The second-order valence-corrected chi connectivity index (χ2v) is 6.58. The minimum Gasteiger partial charge on any atom is -0.339 e. The Balaban J connectivity index is 1.63. The number of rotatable bonds is 6. The summed E-state index contributed by atoms with van der Waals surface area (Å²) < 4.78 is 1.89. The van der Waals surface area contributed by atoms with E-state index < -0.39 is 0 Å². The molecule has 1 aromatic heterocycles. The number of nitrogens with one attached hydrogen (secondary N) is 1. The van der Waals surface area contributed by atoms with E-state index in [4.69, 9.17) is 0 Å². The number of likely N-dealkylation sites (N-methyl/N-ethyl adjacent to an activating group) is 1. The van der Waals surface area contributed by atoms with Crippen molar-refractivity contribution in [3.8, 4) is 0 Å². The zero-order chi connectivity index (χ0) is 19.2. The minimum atomic E-state index is -0.226. The molecule has 27 heavy (non-hydrogen) atoms. The smallest absolute Gasteiger partial charge is 0.270 e. The standard InChI is InChI=1S/C22H23N3O2/c1-17-10-12-19(13-11-17)23-21(26)16-24(2)22(27)20-9-6-14-25(20)15-18-7-4-3-5-8-18/h3-14H,15-16H2,1-2H3,(H,23,26). The van der Waals surface area contributed by atoms with Gasteiger partial charge in [-0.05, 0) is 36.8 Å². The lowest BCUT2D eigenvalue weighted by molar-refractivity contribution is -0.116. The van der Waals surface area contributed by atoms with Gasteiger partial charge in [-0.25, -0.2) is 0 Å². The molecule has 0 radical (unpaired) electrons. The zero-order valence-corrected chi connectivity index (χ0v) is 15.6. The van der Waals surface area contributed by atoms with Crippen LogP contribution >= 0.6 is 0 Å². The van der Waals surface area contributed by atoms with Crippen LogP contribution in [0.3, 0.4) is 0 Å². The van der Waals surface area contributed by atoms with Crippen LogP contribution in [-0.2, 0) is 11.3 Å². The molecule has 5 nitrogen and oxygen atoms in total. The number of nitrogens with zero attached hydrogens (tertiary/aromatic N) is 2. The molecular formula is C22H23N3O2. The first-order valence-electron chi connectivity index (χ1n) is 8.84. The van der Waals surface area contributed by atoms with Gasteiger partial charge in [0.1, 0.15) is 5.69 Å². The molecule has 0 saturated heterocycles. The van der Waals surface area contributed by atoms with Gasteiger partial charge in [-0.15, -0.1) is 0 Å². The normalized spacial score (nSPS) is 10.4. The highest BCUT2D eigenvalue weighted by Crippen LogP contribution is 2.11. The largest absolute Gasteiger partial charge is 0.339 e. The second-order valence-electron chi connectivity index (χ2n) is 6.58. The molecule has 5 heteroatoms. The van der Waals surface area contributed by atoms with Gasteiger partial charge in [0.2, 0.25) is 5.91 Å². The summed E-state index contributed by atoms with van der Waals surface area (Å²) in [7, 11) is 1.64. The highest BCUT2D eigenvalue weighted by Gasteiger charge is 2.18. The Bertz CT molecular complexity index is 914. The van der Waals surface area contributed by atoms with Crippen molar-refractivity contribution in [2.24, 2.45) is 0 Å². The van der Waals surface area contributed by atoms with Crippen molar-refractivity contribution in [3.63, 3.8) is 0 Å². The SMILES string of the molecule is Cc1ccc(NC(=O)CN(C)C(=O)c2cccn2Cc2ccccc2)cc1. The fourth-order valence-electron chi connectivity index (χ4n) is 2.85. The lowest BCUT2D eigenvalue weighted by atomic mass is 10.2. The first kappa shape index (κ1) is 18.5. The predicted octanol–water partition coefficient (Wildman–Crippen LogP) is 3.56. The summed E-state index contributed by atoms with van der Waals surface area (Å²) in [5.41, 5.74) is 3.52. The molecule has 0 aliphatic rings. The van der Waals surface area contributed by atoms with Crippen LogP contribution in [0.4, 0.5) is 5.69 Å². The number of amides is 2. The van der Waals surface area contributed by atoms with Gasteiger partial charge in [0.05, 0.1) is 6.54 Å². The van der Waals surface area contributed by atoms with Crippen molar-refractivity contribution < 1.29 is 9.59 Å². The predicted molar refractivity (Wildman–Crippen MR) is 107 cm³/mol. The Morgan fingerprint density at radius 2 is 1.67 bits per heavy atom. The Labute approximate surface area is 159 Å². The molecule has 2 amide bonds. The molecular weight excluding hydrogens is 338 g/mol. The number of aryl methyl sites for hydroxylation is 1. The van der Waals surface area contributed by atoms with E-state index in [1.807, 2.05) is 78.4 Å². The third-order valence-corrected chi connectivity index (χ3v) is 4.31. The summed E-state index contributed by atoms with van der Waals surface area (Å²) in [6.07, 6.45) is 1.88. The van der Waals surface area contributed by atoms with Crippen molar-refractivity contribution >= 4 is 17.5 Å². The Morgan fingerprint density at radius 3 is 2.37 bits per heavy atom. The second kappa shape index (κ2) is 8.36. The van der Waals surface area contributed by atoms with E-state index in [2.05, 4.69) is 5.32 Å². The fourth-order valence-corrected chi connectivity index (χ4v) is 2.85. The van der Waals surface area contributed by atoms with Crippen LogP contribution in [0, 0.1) is 6.92 Å². The van der Waals surface area contributed by atoms with E-state index >= 15 is 0 Å². The maximum atomic E-state index is 12.8. The van der Waals surface area contributed by atoms with Crippen molar-refractivity contribution in [3.05, 3.63) is 89.7 Å². The van der Waals surface area contributed by atoms with Crippen molar-refractivity contribution in [2.45, 2.75) is 13.5 Å². The zero-order valence-electron chi connectivity index (χ0n) is 15.6. The van der Waals surface area contributed by atoms with Crippen LogP contribution in [0.25, 0.3) is 0 Å². The topological polar surface area (TPSA) is 54.3 Å². The van der Waals surface area contributed by atoms with Crippen molar-refractivity contribution in [2.75, 3.05) is 18.9 Å². The van der Waals surface area contributed by atoms with Crippen LogP contribution in [-0.4, -0.2) is 34.9 Å². The number of carbonyl (C=O) groups excluding carboxylic acids is 2. The first-order valence-corrected chi connectivity index (χ1v) is 8.84. The van der Waals surface area contributed by atoms with Crippen LogP contribution in [0.2, 0.25) is 0 Å². The van der Waals surface area contributed by atoms with Crippen molar-refractivity contribution in [1.82, 2.24) is 9.47 Å². The molecule has 0 saturated carbocycles. The summed E-state index contributed by atoms with van der Waals surface area (Å²) in [4.78, 5) is 26.5. The summed E-state index contributed by atoms with van der Waals surface area (Å²) in [5.74, 6) is -0.411. The highest BCUT2D eigenvalue weighted by atomic mass is 16.2. The number of hydrogen-bond donors (Lipinski definition) is 1. The lowest BCUT2D eigenvalue weighted by Crippen LogP contribution is -2.36. The fraction of sp³-hybridized carbons (Fsp3) is 0.182. The third-order valence-electron chi connectivity index (χ3n) is 4.31. The van der Waals surface area contributed by atoms with E-state index in [-0.39, 0.29) is 18.4 Å². The highest BCUT2D eigenvalue weighted by molar-refractivity contribution is 5.98. The van der Waals surface area contributed by atoms with Crippen LogP contribution < -0.4 is 5.32 Å². The van der Waals surface area contributed by atoms with E-state index in [1.165, 1.54) is 4.90 Å². The summed E-state index contributed by atoms with van der Waals surface area (Å²) in [6, 6.07) is 21.1. The van der Waals surface area contributed by atoms with Crippen LogP contribution in [0.15, 0.2) is 72.9 Å². The van der Waals surface area contributed by atoms with Gasteiger partial charge >= 0.3 is 0 Å². The number of benzene rings is 2. The van der Waals surface area contributed by atoms with Gasteiger partial charge in [0.25, 0.3) is 5.91 Å². The van der Waals surface area contributed by atoms with Crippen LogP contribution in [0.1, 0.15) is 21.6 Å². The van der Waals surface area contributed by atoms with Gasteiger partial charge in [-0.2, -0.15) is 0 Å². The molecule has 1 N–H and O–H groups in total. The third kappa shape index (κ3) is 4.85. The van der Waals surface area contributed by atoms with E-state index in [9.17, 15) is 9.59 Å². The molecule has 0 spiro atoms. The number of aromatic nitrogens is 1. The number of anilines is 1. The molecule has 0 aliphatic carbocycles. The molecule has 0 bridgehead atoms. The van der Waals surface area contributed by atoms with E-state index in [0.29, 0.717) is 12.2 Å². The monoisotopic (exact) mass is 361 g/mol. The molecule has 0 unspecified atom stereocenters. The molecule has 2 aromatic carbocycles. The van der Waals surface area contributed by atoms with Gasteiger partial charge in [0, 0.05) is 25.5 Å². The molecule has 1 heterocycles. The number of hydrogen-bond acceptors (Lipinski definition) is 2. The average Bonchev–Trinajstić information content (AvgIpc) is 3.11. The number of carbonyl (C=O) groups is 2. The summed E-state index contributed by atoms with van der Waals surface area (Å²) in [6.45, 7) is 2.59. The molecule has 0 atom stereocenters. The van der Waals surface area contributed by atoms with Gasteiger partial charge in [0.15, 0.2) is 0 Å². The van der Waals surface area contributed by atoms with Gasteiger partial charge in [-0.3, -0.25) is 9.59 Å². The average molecular weight is 361 g/mol. The summed E-state index contributed by atoms with van der Waals surface area (Å²) >= 11 is 0. The lowest BCUT2D eigenvalue weighted by Gasteiger charge is -2.18. The molecule has 138 valence electrons. The van der Waals surface area contributed by atoms with E-state index in [0.717, 1.165) is 16.8 Å². The maximum Gasteiger partial charge on any atom is 0.270 e. The van der Waals surface area contributed by atoms with E-state index in [1.54, 1.807) is 13.1 Å². The van der Waals surface area contributed by atoms with Gasteiger partial charge < -0.3 is 14.8 Å². The Hall–Kier alpha value is -3.34. The summed E-state index contributed by atoms with van der Waals surface area (Å²) in [5, 5.41) is 2.82. The molecule has 0 aliphatic heterocycles. The minimum absolute atomic E-state index is 0.0107. The Kier molecular flexibility index (Phi) is 5.71. The molecule has 3 rings (SSSR count). The van der Waals surface area contributed by atoms with Gasteiger partial charge in [-0.1, -0.05) is 48.0 Å². The first-order chi connectivity index (χ1) is 13.0. The molecule has 3 aromatic rings. The quantitative estimate of drug-likeness (QED) is 0.730. The molecule has 0 fully saturated rings. The van der Waals surface area contributed by atoms with Crippen LogP contribution in [0.5, 0.6) is 0 Å². The van der Waals surface area contributed by atoms with Crippen molar-refractivity contribution in [1.29, 1.82) is 0 Å². The Morgan fingerprint density at radius 1 is 0.963 bits per heavy atom. The maximum absolute atomic E-state index is 12.8.